The Balaban J connectivity index is 2.96. The Morgan fingerprint density at radius 2 is 1.95 bits per heavy atom. The van der Waals surface area contributed by atoms with Crippen LogP contribution in [-0.2, 0) is 9.84 Å². The number of sulfone groups is 1. The van der Waals surface area contributed by atoms with Crippen molar-refractivity contribution in [3.63, 3.8) is 0 Å². The number of ether oxygens (including phenoxy) is 2. The van der Waals surface area contributed by atoms with Crippen LogP contribution >= 0.6 is 0 Å². The first-order chi connectivity index (χ1) is 8.79. The van der Waals surface area contributed by atoms with Gasteiger partial charge in [0.15, 0.2) is 5.94 Å². The maximum atomic E-state index is 11.7. The van der Waals surface area contributed by atoms with E-state index in [2.05, 4.69) is 4.74 Å². The lowest BCUT2D eigenvalue weighted by atomic mass is 10.2. The summed E-state index contributed by atoms with van der Waals surface area (Å²) in [7, 11) is -3.08. The summed E-state index contributed by atoms with van der Waals surface area (Å²) in [5, 5.41) is 21.8. The Bertz CT molecular complexity index is 695. The van der Waals surface area contributed by atoms with E-state index in [1.54, 1.807) is 0 Å². The number of nitro groups is 2. The topological polar surface area (TPSA) is 139 Å². The largest absolute Gasteiger partial charge is 0.490 e. The van der Waals surface area contributed by atoms with Crippen LogP contribution < -0.4 is 9.47 Å². The number of hydrogen-bond donors (Lipinski definition) is 0. The van der Waals surface area contributed by atoms with Crippen LogP contribution in [0.15, 0.2) is 11.0 Å². The monoisotopic (exact) mass is 290 g/mol. The van der Waals surface area contributed by atoms with Gasteiger partial charge in [0.2, 0.25) is 26.2 Å². The van der Waals surface area contributed by atoms with E-state index in [9.17, 15) is 28.6 Å². The quantitative estimate of drug-likeness (QED) is 0.583. The van der Waals surface area contributed by atoms with Gasteiger partial charge >= 0.3 is 11.4 Å². The molecule has 0 aromatic heterocycles. The van der Waals surface area contributed by atoms with Gasteiger partial charge in [-0.3, -0.25) is 20.2 Å². The summed E-state index contributed by atoms with van der Waals surface area (Å²) in [5.41, 5.74) is -1.56. The maximum absolute atomic E-state index is 11.7. The standard InChI is InChI=1S/C8H6N2O8S/c1-17-5-2-4(9(11)12)7-8(6(5)10(13)14)19(15,16)3-18-7/h2H,3H2,1H3. The van der Waals surface area contributed by atoms with Gasteiger partial charge in [-0.25, -0.2) is 8.42 Å². The average Bonchev–Trinajstić information content (AvgIpc) is 2.63. The van der Waals surface area contributed by atoms with Crippen molar-refractivity contribution in [3.8, 4) is 11.5 Å². The third-order valence-corrected chi connectivity index (χ3v) is 3.85. The molecule has 11 heteroatoms. The highest BCUT2D eigenvalue weighted by Gasteiger charge is 2.44. The Labute approximate surface area is 105 Å². The Morgan fingerprint density at radius 3 is 2.42 bits per heavy atom. The molecule has 0 fully saturated rings. The minimum atomic E-state index is -4.12. The summed E-state index contributed by atoms with van der Waals surface area (Å²) in [6.07, 6.45) is 0. The third kappa shape index (κ3) is 1.83. The van der Waals surface area contributed by atoms with Crippen molar-refractivity contribution in [2.75, 3.05) is 13.0 Å². The smallest absolute Gasteiger partial charge is 0.333 e. The normalized spacial score (nSPS) is 15.4. The first-order valence-electron chi connectivity index (χ1n) is 4.69. The number of fused-ring (bicyclic) bond motifs is 1. The van der Waals surface area contributed by atoms with Crippen molar-refractivity contribution < 1.29 is 27.7 Å². The van der Waals surface area contributed by atoms with E-state index < -0.39 is 53.4 Å². The Hall–Kier alpha value is -2.43. The van der Waals surface area contributed by atoms with Crippen molar-refractivity contribution in [1.82, 2.24) is 0 Å². The third-order valence-electron chi connectivity index (χ3n) is 2.42. The van der Waals surface area contributed by atoms with Crippen molar-refractivity contribution in [1.29, 1.82) is 0 Å². The van der Waals surface area contributed by atoms with Gasteiger partial charge in [0.1, 0.15) is 0 Å². The van der Waals surface area contributed by atoms with Gasteiger partial charge in [-0.05, 0) is 0 Å². The second-order valence-electron chi connectivity index (χ2n) is 3.50. The lowest BCUT2D eigenvalue weighted by Crippen LogP contribution is -2.05. The van der Waals surface area contributed by atoms with Crippen molar-refractivity contribution in [3.05, 3.63) is 26.3 Å². The zero-order valence-corrected chi connectivity index (χ0v) is 10.2. The van der Waals surface area contributed by atoms with Crippen LogP contribution in [-0.4, -0.2) is 31.3 Å². The van der Waals surface area contributed by atoms with Gasteiger partial charge in [0, 0.05) is 0 Å². The van der Waals surface area contributed by atoms with Crippen LogP contribution in [0.4, 0.5) is 11.4 Å². The molecule has 0 bridgehead atoms. The van der Waals surface area contributed by atoms with Crippen LogP contribution in [0, 0.1) is 20.2 Å². The van der Waals surface area contributed by atoms with Crippen molar-refractivity contribution >= 4 is 21.2 Å². The first-order valence-corrected chi connectivity index (χ1v) is 6.34. The number of nitrogens with zero attached hydrogens (tertiary/aromatic N) is 2. The Morgan fingerprint density at radius 1 is 1.32 bits per heavy atom. The fraction of sp³-hybridized carbons (Fsp3) is 0.250. The van der Waals surface area contributed by atoms with Crippen molar-refractivity contribution in [2.45, 2.75) is 4.90 Å². The minimum Gasteiger partial charge on any atom is -0.490 e. The van der Waals surface area contributed by atoms with Crippen LogP contribution in [0.1, 0.15) is 0 Å². The molecular weight excluding hydrogens is 284 g/mol. The molecule has 2 rings (SSSR count). The lowest BCUT2D eigenvalue weighted by molar-refractivity contribution is -0.392. The molecule has 102 valence electrons. The highest BCUT2D eigenvalue weighted by Crippen LogP contribution is 2.49. The zero-order valence-electron chi connectivity index (χ0n) is 9.35. The molecule has 0 saturated heterocycles. The highest BCUT2D eigenvalue weighted by atomic mass is 32.2. The molecule has 1 aromatic carbocycles. The number of rotatable bonds is 3. The fourth-order valence-electron chi connectivity index (χ4n) is 1.68. The molecule has 1 aliphatic rings. The molecule has 0 spiro atoms. The summed E-state index contributed by atoms with van der Waals surface area (Å²) in [6.45, 7) is 0. The van der Waals surface area contributed by atoms with Crippen LogP contribution in [0.2, 0.25) is 0 Å². The molecule has 0 aliphatic carbocycles. The lowest BCUT2D eigenvalue weighted by Gasteiger charge is -2.05. The number of methoxy groups -OCH3 is 1. The van der Waals surface area contributed by atoms with Gasteiger partial charge in [-0.2, -0.15) is 0 Å². The predicted octanol–water partition coefficient (Wildman–Crippen LogP) is 0.635. The highest BCUT2D eigenvalue weighted by molar-refractivity contribution is 7.91. The predicted molar refractivity (Wildman–Crippen MR) is 59.0 cm³/mol. The Kier molecular flexibility index (Phi) is 2.77. The molecule has 1 heterocycles. The molecule has 1 aromatic rings. The molecule has 0 atom stereocenters. The number of benzene rings is 1. The van der Waals surface area contributed by atoms with E-state index >= 15 is 0 Å². The van der Waals surface area contributed by atoms with Crippen molar-refractivity contribution in [2.24, 2.45) is 0 Å². The SMILES string of the molecule is COc1cc([N+](=O)[O-])c2c(c1[N+](=O)[O-])S(=O)(=O)CO2. The summed E-state index contributed by atoms with van der Waals surface area (Å²) < 4.78 is 32.8. The van der Waals surface area contributed by atoms with E-state index in [1.165, 1.54) is 0 Å². The molecule has 19 heavy (non-hydrogen) atoms. The maximum Gasteiger partial charge on any atom is 0.333 e. The molecule has 10 nitrogen and oxygen atoms in total. The van der Waals surface area contributed by atoms with Gasteiger partial charge < -0.3 is 9.47 Å². The van der Waals surface area contributed by atoms with E-state index in [4.69, 9.17) is 4.74 Å². The molecule has 0 unspecified atom stereocenters. The minimum absolute atomic E-state index is 0.510. The summed E-state index contributed by atoms with van der Waals surface area (Å²) >= 11 is 0. The van der Waals surface area contributed by atoms with E-state index in [0.717, 1.165) is 13.2 Å². The van der Waals surface area contributed by atoms with Crippen LogP contribution in [0.3, 0.4) is 0 Å². The molecule has 0 saturated carbocycles. The molecule has 0 N–H and O–H groups in total. The van der Waals surface area contributed by atoms with Gasteiger partial charge in [-0.15, -0.1) is 0 Å². The second-order valence-corrected chi connectivity index (χ2v) is 5.37. The summed E-state index contributed by atoms with van der Waals surface area (Å²) in [4.78, 5) is 19.1. The molecule has 0 radical (unpaired) electrons. The van der Waals surface area contributed by atoms with E-state index in [0.29, 0.717) is 0 Å². The van der Waals surface area contributed by atoms with E-state index in [-0.39, 0.29) is 0 Å². The zero-order chi connectivity index (χ0) is 14.4. The van der Waals surface area contributed by atoms with Gasteiger partial charge in [0.25, 0.3) is 0 Å². The molecular formula is C8H6N2O8S. The molecule has 1 aliphatic heterocycles. The van der Waals surface area contributed by atoms with E-state index in [1.807, 2.05) is 0 Å². The summed E-state index contributed by atoms with van der Waals surface area (Å²) in [6, 6.07) is 0.762. The number of hydrogen-bond acceptors (Lipinski definition) is 8. The second kappa shape index (κ2) is 4.05. The van der Waals surface area contributed by atoms with Gasteiger partial charge in [0.05, 0.1) is 23.0 Å². The number of nitro benzene ring substituents is 2. The average molecular weight is 290 g/mol. The summed E-state index contributed by atoms with van der Waals surface area (Å²) in [5.74, 6) is -2.01. The van der Waals surface area contributed by atoms with Crippen LogP contribution in [0.25, 0.3) is 0 Å². The van der Waals surface area contributed by atoms with Crippen LogP contribution in [0.5, 0.6) is 11.5 Å². The van der Waals surface area contributed by atoms with Gasteiger partial charge in [-0.1, -0.05) is 0 Å². The fourth-order valence-corrected chi connectivity index (χ4v) is 2.99. The molecule has 0 amide bonds. The first kappa shape index (κ1) is 13.0.